The first-order chi connectivity index (χ1) is 9.33. The molecule has 0 fully saturated rings. The molecule has 0 N–H and O–H groups in total. The third-order valence-corrected chi connectivity index (χ3v) is 3.30. The Morgan fingerprint density at radius 3 is 2.21 bits per heavy atom. The van der Waals surface area contributed by atoms with E-state index in [1.54, 1.807) is 0 Å². The lowest BCUT2D eigenvalue weighted by atomic mass is 10.1. The summed E-state index contributed by atoms with van der Waals surface area (Å²) in [6, 6.07) is 24.8. The molecule has 3 aromatic carbocycles. The molecule has 0 radical (unpaired) electrons. The monoisotopic (exact) mass is 248 g/mol. The number of rotatable bonds is 3. The lowest BCUT2D eigenvalue weighted by molar-refractivity contribution is 0.227. The Kier molecular flexibility index (Phi) is 3.20. The van der Waals surface area contributed by atoms with Crippen molar-refractivity contribution in [3.05, 3.63) is 78.4 Å². The molecule has 0 unspecified atom stereocenters. The molecule has 0 amide bonds. The average molecular weight is 248 g/mol. The van der Waals surface area contributed by atoms with Crippen molar-refractivity contribution in [3.8, 4) is 5.75 Å². The highest BCUT2D eigenvalue weighted by atomic mass is 16.5. The summed E-state index contributed by atoms with van der Waals surface area (Å²) in [4.78, 5) is 0. The van der Waals surface area contributed by atoms with Crippen LogP contribution in [0.25, 0.3) is 10.8 Å². The molecule has 0 aliphatic heterocycles. The number of ether oxygens (including phenoxy) is 1. The van der Waals surface area contributed by atoms with Gasteiger partial charge in [0.25, 0.3) is 0 Å². The van der Waals surface area contributed by atoms with Gasteiger partial charge in [-0.15, -0.1) is 0 Å². The second-order valence-corrected chi connectivity index (χ2v) is 4.68. The quantitative estimate of drug-likeness (QED) is 0.635. The fraction of sp³-hybridized carbons (Fsp3) is 0.111. The lowest BCUT2D eigenvalue weighted by Gasteiger charge is -2.15. The van der Waals surface area contributed by atoms with Crippen LogP contribution in [0.1, 0.15) is 18.6 Å². The first kappa shape index (κ1) is 11.8. The van der Waals surface area contributed by atoms with Gasteiger partial charge in [-0.25, -0.2) is 0 Å². The van der Waals surface area contributed by atoms with Crippen LogP contribution in [0, 0.1) is 0 Å². The van der Waals surface area contributed by atoms with E-state index in [1.165, 1.54) is 16.3 Å². The van der Waals surface area contributed by atoms with Gasteiger partial charge in [-0.2, -0.15) is 0 Å². The molecule has 1 heteroatoms. The molecule has 0 aromatic heterocycles. The van der Waals surface area contributed by atoms with Gasteiger partial charge in [0.15, 0.2) is 0 Å². The fourth-order valence-corrected chi connectivity index (χ4v) is 2.24. The maximum Gasteiger partial charge on any atom is 0.121 e. The maximum atomic E-state index is 6.01. The molecule has 3 rings (SSSR count). The largest absolute Gasteiger partial charge is 0.486 e. The molecule has 0 heterocycles. The zero-order valence-corrected chi connectivity index (χ0v) is 10.9. The molecule has 0 saturated carbocycles. The van der Waals surface area contributed by atoms with E-state index < -0.39 is 0 Å². The Balaban J connectivity index is 1.85. The third kappa shape index (κ3) is 2.60. The molecule has 0 spiro atoms. The molecule has 19 heavy (non-hydrogen) atoms. The Hall–Kier alpha value is -2.28. The van der Waals surface area contributed by atoms with Crippen LogP contribution in [0.15, 0.2) is 72.8 Å². The van der Waals surface area contributed by atoms with Crippen LogP contribution in [0.5, 0.6) is 5.75 Å². The van der Waals surface area contributed by atoms with Crippen molar-refractivity contribution >= 4 is 10.8 Å². The summed E-state index contributed by atoms with van der Waals surface area (Å²) in [5.41, 5.74) is 1.19. The van der Waals surface area contributed by atoms with Crippen molar-refractivity contribution in [3.63, 3.8) is 0 Å². The molecule has 1 atom stereocenters. The molecular formula is C18H16O. The first-order valence-electron chi connectivity index (χ1n) is 6.53. The second kappa shape index (κ2) is 5.15. The molecule has 0 aliphatic rings. The van der Waals surface area contributed by atoms with Crippen molar-refractivity contribution in [2.45, 2.75) is 13.0 Å². The SMILES string of the molecule is C[C@H](Oc1ccc2ccccc2c1)c1ccccc1. The second-order valence-electron chi connectivity index (χ2n) is 4.68. The molecule has 3 aromatic rings. The summed E-state index contributed by atoms with van der Waals surface area (Å²) in [5.74, 6) is 0.912. The molecule has 0 saturated heterocycles. The highest BCUT2D eigenvalue weighted by Crippen LogP contribution is 2.25. The van der Waals surface area contributed by atoms with Gasteiger partial charge in [-0.1, -0.05) is 60.7 Å². The van der Waals surface area contributed by atoms with Crippen LogP contribution in [0.2, 0.25) is 0 Å². The summed E-state index contributed by atoms with van der Waals surface area (Å²) in [7, 11) is 0. The van der Waals surface area contributed by atoms with Crippen molar-refractivity contribution in [2.75, 3.05) is 0 Å². The van der Waals surface area contributed by atoms with E-state index in [2.05, 4.69) is 49.4 Å². The van der Waals surface area contributed by atoms with E-state index >= 15 is 0 Å². The Labute approximate surface area is 113 Å². The van der Waals surface area contributed by atoms with Crippen molar-refractivity contribution < 1.29 is 4.74 Å². The van der Waals surface area contributed by atoms with Crippen LogP contribution in [0.3, 0.4) is 0 Å². The van der Waals surface area contributed by atoms with E-state index in [0.29, 0.717) is 0 Å². The number of hydrogen-bond donors (Lipinski definition) is 0. The maximum absolute atomic E-state index is 6.01. The van der Waals surface area contributed by atoms with Gasteiger partial charge in [0.2, 0.25) is 0 Å². The zero-order chi connectivity index (χ0) is 13.1. The summed E-state index contributed by atoms with van der Waals surface area (Å²) in [6.07, 6.45) is 0.0577. The predicted octanol–water partition coefficient (Wildman–Crippen LogP) is 4.98. The van der Waals surface area contributed by atoms with Crippen LogP contribution in [0.4, 0.5) is 0 Å². The minimum absolute atomic E-state index is 0.0577. The van der Waals surface area contributed by atoms with Crippen molar-refractivity contribution in [2.24, 2.45) is 0 Å². The van der Waals surface area contributed by atoms with E-state index in [-0.39, 0.29) is 6.10 Å². The summed E-state index contributed by atoms with van der Waals surface area (Å²) < 4.78 is 6.01. The van der Waals surface area contributed by atoms with Gasteiger partial charge in [-0.3, -0.25) is 0 Å². The van der Waals surface area contributed by atoms with Crippen molar-refractivity contribution in [1.29, 1.82) is 0 Å². The smallest absolute Gasteiger partial charge is 0.121 e. The molecule has 0 bridgehead atoms. The van der Waals surface area contributed by atoms with Gasteiger partial charge in [0, 0.05) is 0 Å². The third-order valence-electron chi connectivity index (χ3n) is 3.30. The van der Waals surface area contributed by atoms with E-state index in [1.807, 2.05) is 30.3 Å². The molecule has 94 valence electrons. The van der Waals surface area contributed by atoms with Gasteiger partial charge in [-0.05, 0) is 35.4 Å². The van der Waals surface area contributed by atoms with Crippen LogP contribution in [-0.2, 0) is 0 Å². The lowest BCUT2D eigenvalue weighted by Crippen LogP contribution is -2.02. The minimum Gasteiger partial charge on any atom is -0.486 e. The summed E-state index contributed by atoms with van der Waals surface area (Å²) in [6.45, 7) is 2.07. The van der Waals surface area contributed by atoms with Gasteiger partial charge in [0.1, 0.15) is 11.9 Å². The highest BCUT2D eigenvalue weighted by Gasteiger charge is 2.06. The average Bonchev–Trinajstić information content (AvgIpc) is 2.48. The normalized spacial score (nSPS) is 12.3. The van der Waals surface area contributed by atoms with Gasteiger partial charge in [0.05, 0.1) is 0 Å². The Morgan fingerprint density at radius 2 is 1.42 bits per heavy atom. The highest BCUT2D eigenvalue weighted by molar-refractivity contribution is 5.83. The topological polar surface area (TPSA) is 9.23 Å². The summed E-state index contributed by atoms with van der Waals surface area (Å²) in [5, 5.41) is 2.45. The predicted molar refractivity (Wildman–Crippen MR) is 79.4 cm³/mol. The first-order valence-corrected chi connectivity index (χ1v) is 6.53. The van der Waals surface area contributed by atoms with Crippen LogP contribution < -0.4 is 4.74 Å². The number of fused-ring (bicyclic) bond motifs is 1. The number of hydrogen-bond acceptors (Lipinski definition) is 1. The van der Waals surface area contributed by atoms with Gasteiger partial charge < -0.3 is 4.74 Å². The van der Waals surface area contributed by atoms with Gasteiger partial charge >= 0.3 is 0 Å². The van der Waals surface area contributed by atoms with E-state index in [0.717, 1.165) is 5.75 Å². The van der Waals surface area contributed by atoms with E-state index in [4.69, 9.17) is 4.74 Å². The Morgan fingerprint density at radius 1 is 0.737 bits per heavy atom. The molecule has 0 aliphatic carbocycles. The van der Waals surface area contributed by atoms with Crippen molar-refractivity contribution in [1.82, 2.24) is 0 Å². The number of benzene rings is 3. The van der Waals surface area contributed by atoms with E-state index in [9.17, 15) is 0 Å². The van der Waals surface area contributed by atoms with Crippen LogP contribution >= 0.6 is 0 Å². The fourth-order valence-electron chi connectivity index (χ4n) is 2.24. The molecule has 1 nitrogen and oxygen atoms in total. The minimum atomic E-state index is 0.0577. The standard InChI is InChI=1S/C18H16O/c1-14(15-7-3-2-4-8-15)19-18-12-11-16-9-5-6-10-17(16)13-18/h2-14H,1H3/t14-/m0/s1. The zero-order valence-electron chi connectivity index (χ0n) is 10.9. The molecular weight excluding hydrogens is 232 g/mol. The Bertz CT molecular complexity index is 673. The summed E-state index contributed by atoms with van der Waals surface area (Å²) >= 11 is 0. The van der Waals surface area contributed by atoms with Crippen LogP contribution in [-0.4, -0.2) is 0 Å².